The van der Waals surface area contributed by atoms with Crippen molar-refractivity contribution in [3.8, 4) is 0 Å². The number of aryl methyl sites for hydroxylation is 1. The summed E-state index contributed by atoms with van der Waals surface area (Å²) in [6, 6.07) is 8.63. The maximum absolute atomic E-state index is 5.31. The number of rotatable bonds is 1. The average molecular weight is 207 g/mol. The standard InChI is InChI=1S/C11H15NO.C2H6/c1-10-3-2-4-11(9-10)12-5-7-13-8-6-12;1-2/h2-4,9H,5-8H2,1H3;1-2H3. The van der Waals surface area contributed by atoms with Gasteiger partial charge in [0.2, 0.25) is 0 Å². The molecule has 84 valence electrons. The molecule has 0 unspecified atom stereocenters. The molecule has 0 bridgehead atoms. The van der Waals surface area contributed by atoms with Crippen molar-refractivity contribution in [2.45, 2.75) is 20.8 Å². The zero-order valence-electron chi connectivity index (χ0n) is 9.99. The third-order valence-corrected chi connectivity index (χ3v) is 2.38. The smallest absolute Gasteiger partial charge is 0.0642 e. The Bertz CT molecular complexity index is 280. The van der Waals surface area contributed by atoms with Crippen molar-refractivity contribution in [2.75, 3.05) is 31.2 Å². The Hall–Kier alpha value is -1.02. The van der Waals surface area contributed by atoms with E-state index in [1.165, 1.54) is 11.3 Å². The normalized spacial score (nSPS) is 15.5. The van der Waals surface area contributed by atoms with Gasteiger partial charge in [-0.3, -0.25) is 0 Å². The SMILES string of the molecule is CC.Cc1cccc(N2CCOCC2)c1. The highest BCUT2D eigenvalue weighted by atomic mass is 16.5. The minimum atomic E-state index is 0.855. The van der Waals surface area contributed by atoms with Crippen LogP contribution in [0.5, 0.6) is 0 Å². The fourth-order valence-corrected chi connectivity index (χ4v) is 1.65. The van der Waals surface area contributed by atoms with Crippen LogP contribution in [0.2, 0.25) is 0 Å². The van der Waals surface area contributed by atoms with Gasteiger partial charge in [-0.05, 0) is 24.6 Å². The summed E-state index contributed by atoms with van der Waals surface area (Å²) < 4.78 is 5.31. The van der Waals surface area contributed by atoms with Crippen LogP contribution in [-0.4, -0.2) is 26.3 Å². The van der Waals surface area contributed by atoms with Gasteiger partial charge in [-0.2, -0.15) is 0 Å². The summed E-state index contributed by atoms with van der Waals surface area (Å²) in [5.41, 5.74) is 2.65. The lowest BCUT2D eigenvalue weighted by Gasteiger charge is -2.29. The number of hydrogen-bond acceptors (Lipinski definition) is 2. The van der Waals surface area contributed by atoms with E-state index in [1.54, 1.807) is 0 Å². The van der Waals surface area contributed by atoms with Gasteiger partial charge in [0.15, 0.2) is 0 Å². The molecule has 2 nitrogen and oxygen atoms in total. The second-order valence-corrected chi connectivity index (χ2v) is 3.44. The van der Waals surface area contributed by atoms with Crippen LogP contribution in [0.15, 0.2) is 24.3 Å². The molecule has 1 aromatic rings. The molecule has 0 spiro atoms. The molecule has 0 aromatic heterocycles. The molecular formula is C13H21NO. The van der Waals surface area contributed by atoms with Crippen molar-refractivity contribution in [1.29, 1.82) is 0 Å². The van der Waals surface area contributed by atoms with Gasteiger partial charge >= 0.3 is 0 Å². The Morgan fingerprint density at radius 1 is 1.13 bits per heavy atom. The van der Waals surface area contributed by atoms with E-state index in [1.807, 2.05) is 13.8 Å². The number of benzene rings is 1. The third-order valence-electron chi connectivity index (χ3n) is 2.38. The van der Waals surface area contributed by atoms with Gasteiger partial charge in [-0.1, -0.05) is 26.0 Å². The summed E-state index contributed by atoms with van der Waals surface area (Å²) >= 11 is 0. The van der Waals surface area contributed by atoms with Crippen molar-refractivity contribution >= 4 is 5.69 Å². The minimum absolute atomic E-state index is 0.855. The Morgan fingerprint density at radius 2 is 1.80 bits per heavy atom. The molecule has 0 atom stereocenters. The first-order valence-corrected chi connectivity index (χ1v) is 5.75. The zero-order valence-corrected chi connectivity index (χ0v) is 9.99. The van der Waals surface area contributed by atoms with E-state index in [9.17, 15) is 0 Å². The monoisotopic (exact) mass is 207 g/mol. The molecule has 1 fully saturated rings. The third kappa shape index (κ3) is 3.56. The molecule has 0 amide bonds. The van der Waals surface area contributed by atoms with Crippen molar-refractivity contribution < 1.29 is 4.74 Å². The molecule has 1 aliphatic rings. The largest absolute Gasteiger partial charge is 0.378 e. The first kappa shape index (κ1) is 12.1. The van der Waals surface area contributed by atoms with E-state index in [0.29, 0.717) is 0 Å². The number of nitrogens with zero attached hydrogens (tertiary/aromatic N) is 1. The summed E-state index contributed by atoms with van der Waals surface area (Å²) in [5.74, 6) is 0. The van der Waals surface area contributed by atoms with Crippen LogP contribution in [0.1, 0.15) is 19.4 Å². The number of morpholine rings is 1. The van der Waals surface area contributed by atoms with Gasteiger partial charge in [0, 0.05) is 18.8 Å². The average Bonchev–Trinajstić information content (AvgIpc) is 2.33. The first-order chi connectivity index (χ1) is 7.36. The van der Waals surface area contributed by atoms with Crippen LogP contribution in [-0.2, 0) is 4.74 Å². The quantitative estimate of drug-likeness (QED) is 0.702. The Balaban J connectivity index is 0.000000531. The molecule has 15 heavy (non-hydrogen) atoms. The van der Waals surface area contributed by atoms with Crippen molar-refractivity contribution in [3.05, 3.63) is 29.8 Å². The van der Waals surface area contributed by atoms with Gasteiger partial charge in [-0.25, -0.2) is 0 Å². The highest BCUT2D eigenvalue weighted by Crippen LogP contribution is 2.16. The van der Waals surface area contributed by atoms with Crippen LogP contribution in [0.4, 0.5) is 5.69 Å². The summed E-state index contributed by atoms with van der Waals surface area (Å²) in [5, 5.41) is 0. The van der Waals surface area contributed by atoms with Crippen LogP contribution < -0.4 is 4.90 Å². The second-order valence-electron chi connectivity index (χ2n) is 3.44. The van der Waals surface area contributed by atoms with E-state index in [2.05, 4.69) is 36.1 Å². The molecular weight excluding hydrogens is 186 g/mol. The molecule has 1 saturated heterocycles. The highest BCUT2D eigenvalue weighted by molar-refractivity contribution is 5.48. The molecule has 2 heteroatoms. The van der Waals surface area contributed by atoms with Crippen LogP contribution >= 0.6 is 0 Å². The summed E-state index contributed by atoms with van der Waals surface area (Å²) in [6.07, 6.45) is 0. The summed E-state index contributed by atoms with van der Waals surface area (Å²) in [4.78, 5) is 2.37. The molecule has 0 N–H and O–H groups in total. The predicted molar refractivity (Wildman–Crippen MR) is 65.6 cm³/mol. The fraction of sp³-hybridized carbons (Fsp3) is 0.538. The second kappa shape index (κ2) is 6.46. The summed E-state index contributed by atoms with van der Waals surface area (Å²) in [6.45, 7) is 9.87. The van der Waals surface area contributed by atoms with Gasteiger partial charge in [0.05, 0.1) is 13.2 Å². The van der Waals surface area contributed by atoms with Gasteiger partial charge in [-0.15, -0.1) is 0 Å². The number of anilines is 1. The van der Waals surface area contributed by atoms with E-state index in [0.717, 1.165) is 26.3 Å². The Kier molecular flexibility index (Phi) is 5.19. The predicted octanol–water partition coefficient (Wildman–Crippen LogP) is 2.86. The molecule has 1 aromatic carbocycles. The molecule has 1 aliphatic heterocycles. The Morgan fingerprint density at radius 3 is 2.40 bits per heavy atom. The molecule has 0 radical (unpaired) electrons. The summed E-state index contributed by atoms with van der Waals surface area (Å²) in [7, 11) is 0. The molecule has 0 saturated carbocycles. The molecule has 2 rings (SSSR count). The van der Waals surface area contributed by atoms with Crippen LogP contribution in [0, 0.1) is 6.92 Å². The lowest BCUT2D eigenvalue weighted by Crippen LogP contribution is -2.36. The highest BCUT2D eigenvalue weighted by Gasteiger charge is 2.10. The van der Waals surface area contributed by atoms with E-state index in [4.69, 9.17) is 4.74 Å². The Labute approximate surface area is 92.9 Å². The first-order valence-electron chi connectivity index (χ1n) is 5.75. The molecule has 0 aliphatic carbocycles. The van der Waals surface area contributed by atoms with Crippen LogP contribution in [0.3, 0.4) is 0 Å². The van der Waals surface area contributed by atoms with E-state index in [-0.39, 0.29) is 0 Å². The maximum Gasteiger partial charge on any atom is 0.0642 e. The molecule has 1 heterocycles. The maximum atomic E-state index is 5.31. The lowest BCUT2D eigenvalue weighted by atomic mass is 10.2. The van der Waals surface area contributed by atoms with E-state index >= 15 is 0 Å². The topological polar surface area (TPSA) is 12.5 Å². The van der Waals surface area contributed by atoms with E-state index < -0.39 is 0 Å². The zero-order chi connectivity index (χ0) is 11.1. The number of ether oxygens (including phenoxy) is 1. The van der Waals surface area contributed by atoms with Crippen molar-refractivity contribution in [1.82, 2.24) is 0 Å². The van der Waals surface area contributed by atoms with Crippen molar-refractivity contribution in [3.63, 3.8) is 0 Å². The fourth-order valence-electron chi connectivity index (χ4n) is 1.65. The van der Waals surface area contributed by atoms with Gasteiger partial charge < -0.3 is 9.64 Å². The van der Waals surface area contributed by atoms with Crippen LogP contribution in [0.25, 0.3) is 0 Å². The van der Waals surface area contributed by atoms with Crippen molar-refractivity contribution in [2.24, 2.45) is 0 Å². The van der Waals surface area contributed by atoms with Gasteiger partial charge in [0.1, 0.15) is 0 Å². The minimum Gasteiger partial charge on any atom is -0.378 e. The number of hydrogen-bond donors (Lipinski definition) is 0. The van der Waals surface area contributed by atoms with Gasteiger partial charge in [0.25, 0.3) is 0 Å². The lowest BCUT2D eigenvalue weighted by molar-refractivity contribution is 0.122.